The van der Waals surface area contributed by atoms with Gasteiger partial charge in [0.1, 0.15) is 48.8 Å². The topological polar surface area (TPSA) is 228 Å². The molecule has 1 amide bonds. The average Bonchev–Trinajstić information content (AvgIpc) is 3.56. The lowest BCUT2D eigenvalue weighted by Gasteiger charge is -2.46. The van der Waals surface area contributed by atoms with Crippen LogP contribution in [0.5, 0.6) is 0 Å². The normalized spacial score (nSPS) is 24.0. The second-order valence-corrected chi connectivity index (χ2v) is 24.7. The summed E-state index contributed by atoms with van der Waals surface area (Å²) in [6, 6.07) is -0.929. The van der Waals surface area contributed by atoms with Crippen molar-refractivity contribution in [2.45, 2.75) is 383 Å². The molecule has 0 aromatic carbocycles. The van der Waals surface area contributed by atoms with E-state index in [0.717, 1.165) is 32.1 Å². The molecule has 0 aliphatic carbocycles. The third kappa shape index (κ3) is 37.9. The summed E-state index contributed by atoms with van der Waals surface area (Å²) in [6.45, 7) is 2.83. The maximum Gasteiger partial charge on any atom is 0.220 e. The van der Waals surface area contributed by atoms with Gasteiger partial charge in [-0.3, -0.25) is 4.79 Å². The molecule has 2 heterocycles. The summed E-state index contributed by atoms with van der Waals surface area (Å²) in [5, 5.41) is 87.4. The fraction of sp³-hybridized carbons (Fsp3) is 0.926. The fourth-order valence-corrected chi connectivity index (χ4v) is 11.6. The van der Waals surface area contributed by atoms with Crippen molar-refractivity contribution in [3.63, 3.8) is 0 Å². The van der Waals surface area contributed by atoms with Crippen LogP contribution >= 0.6 is 0 Å². The molecule has 2 fully saturated rings. The Bertz CT molecular complexity index is 1470. The molecule has 484 valence electrons. The first-order valence-electron chi connectivity index (χ1n) is 34.6. The Balaban J connectivity index is 1.70. The standard InChI is InChI=1S/C68H129NO13/c1-3-5-7-9-11-13-15-17-19-21-23-25-27-28-29-30-32-34-36-38-40-42-44-46-48-50-52-60(73)69-56(55-79-67-65(78)63(76)66(59(54-71)81-67)82-68-64(77)62(75)61(74)58(53-70)80-68)57(72)51-49-47-45-43-41-39-37-35-33-31-26-24-22-20-18-16-14-12-10-8-6-4-2/h41,43,49,51,56-59,61-68,70-72,74-78H,3-40,42,44-48,50,52-55H2,1-2H3,(H,69,73)/b43-41+,51-49+. The van der Waals surface area contributed by atoms with Crippen LogP contribution < -0.4 is 5.32 Å². The van der Waals surface area contributed by atoms with Gasteiger partial charge in [-0.2, -0.15) is 0 Å². The van der Waals surface area contributed by atoms with Gasteiger partial charge in [-0.15, -0.1) is 0 Å². The van der Waals surface area contributed by atoms with E-state index in [0.29, 0.717) is 12.8 Å². The minimum absolute atomic E-state index is 0.242. The molecule has 14 nitrogen and oxygen atoms in total. The summed E-state index contributed by atoms with van der Waals surface area (Å²) < 4.78 is 22.8. The number of ether oxygens (including phenoxy) is 4. The van der Waals surface area contributed by atoms with Gasteiger partial charge in [-0.05, 0) is 32.1 Å². The van der Waals surface area contributed by atoms with Crippen LogP contribution in [0.4, 0.5) is 0 Å². The summed E-state index contributed by atoms with van der Waals surface area (Å²) in [5.41, 5.74) is 0. The smallest absolute Gasteiger partial charge is 0.220 e. The van der Waals surface area contributed by atoms with E-state index in [4.69, 9.17) is 18.9 Å². The molecule has 14 heteroatoms. The lowest BCUT2D eigenvalue weighted by Crippen LogP contribution is -2.65. The maximum atomic E-state index is 13.3. The van der Waals surface area contributed by atoms with Gasteiger partial charge < -0.3 is 65.1 Å². The number of amides is 1. The van der Waals surface area contributed by atoms with E-state index in [2.05, 4.69) is 31.3 Å². The first kappa shape index (κ1) is 76.6. The Hall–Kier alpha value is -1.53. The minimum atomic E-state index is -1.79. The van der Waals surface area contributed by atoms with Crippen molar-refractivity contribution in [3.05, 3.63) is 24.3 Å². The largest absolute Gasteiger partial charge is 0.394 e. The number of aliphatic hydroxyl groups excluding tert-OH is 8. The monoisotopic (exact) mass is 1170 g/mol. The minimum Gasteiger partial charge on any atom is -0.394 e. The zero-order valence-corrected chi connectivity index (χ0v) is 52.5. The van der Waals surface area contributed by atoms with Gasteiger partial charge in [0, 0.05) is 6.42 Å². The van der Waals surface area contributed by atoms with E-state index in [1.165, 1.54) is 244 Å². The maximum absolute atomic E-state index is 13.3. The van der Waals surface area contributed by atoms with Crippen molar-refractivity contribution in [3.8, 4) is 0 Å². The zero-order chi connectivity index (χ0) is 59.5. The summed E-state index contributed by atoms with van der Waals surface area (Å²) in [6.07, 6.45) is 49.5. The number of aliphatic hydroxyl groups is 8. The Morgan fingerprint density at radius 2 is 0.780 bits per heavy atom. The van der Waals surface area contributed by atoms with Crippen LogP contribution in [0.2, 0.25) is 0 Å². The molecule has 0 aromatic rings. The van der Waals surface area contributed by atoms with E-state index in [-0.39, 0.29) is 18.9 Å². The molecule has 0 aromatic heterocycles. The molecule has 12 unspecified atom stereocenters. The molecule has 0 bridgehead atoms. The third-order valence-corrected chi connectivity index (χ3v) is 17.1. The summed E-state index contributed by atoms with van der Waals surface area (Å²) >= 11 is 0. The second-order valence-electron chi connectivity index (χ2n) is 24.7. The predicted octanol–water partition coefficient (Wildman–Crippen LogP) is 13.6. The Morgan fingerprint density at radius 3 is 1.20 bits per heavy atom. The lowest BCUT2D eigenvalue weighted by atomic mass is 9.97. The highest BCUT2D eigenvalue weighted by Crippen LogP contribution is 2.30. The van der Waals surface area contributed by atoms with Crippen LogP contribution in [-0.2, 0) is 23.7 Å². The van der Waals surface area contributed by atoms with Gasteiger partial charge in [-0.25, -0.2) is 0 Å². The average molecular weight is 1170 g/mol. The van der Waals surface area contributed by atoms with E-state index in [1.54, 1.807) is 6.08 Å². The molecule has 82 heavy (non-hydrogen) atoms. The lowest BCUT2D eigenvalue weighted by molar-refractivity contribution is -0.359. The van der Waals surface area contributed by atoms with Crippen molar-refractivity contribution >= 4 is 5.91 Å². The zero-order valence-electron chi connectivity index (χ0n) is 52.5. The molecule has 2 aliphatic heterocycles. The summed E-state index contributed by atoms with van der Waals surface area (Å²) in [4.78, 5) is 13.3. The molecule has 0 radical (unpaired) electrons. The third-order valence-electron chi connectivity index (χ3n) is 17.1. The predicted molar refractivity (Wildman–Crippen MR) is 332 cm³/mol. The van der Waals surface area contributed by atoms with Crippen molar-refractivity contribution < 1.29 is 64.6 Å². The van der Waals surface area contributed by atoms with Crippen LogP contribution in [0, 0.1) is 0 Å². The van der Waals surface area contributed by atoms with Gasteiger partial charge >= 0.3 is 0 Å². The molecule has 2 saturated heterocycles. The van der Waals surface area contributed by atoms with Crippen LogP contribution in [0.15, 0.2) is 24.3 Å². The molecule has 0 spiro atoms. The molecular weight excluding hydrogens is 1040 g/mol. The molecule has 2 aliphatic rings. The van der Waals surface area contributed by atoms with Crippen molar-refractivity contribution in [1.82, 2.24) is 5.32 Å². The fourth-order valence-electron chi connectivity index (χ4n) is 11.6. The van der Waals surface area contributed by atoms with Gasteiger partial charge in [0.05, 0.1) is 32.0 Å². The molecule has 9 N–H and O–H groups in total. The van der Waals surface area contributed by atoms with Gasteiger partial charge in [-0.1, -0.05) is 295 Å². The van der Waals surface area contributed by atoms with Crippen LogP contribution in [0.25, 0.3) is 0 Å². The Labute approximate surface area is 500 Å². The van der Waals surface area contributed by atoms with Gasteiger partial charge in [0.15, 0.2) is 12.6 Å². The highest BCUT2D eigenvalue weighted by atomic mass is 16.7. The van der Waals surface area contributed by atoms with Crippen LogP contribution in [0.1, 0.15) is 309 Å². The van der Waals surface area contributed by atoms with Crippen LogP contribution in [-0.4, -0.2) is 140 Å². The Morgan fingerprint density at radius 1 is 0.427 bits per heavy atom. The number of unbranched alkanes of at least 4 members (excludes halogenated alkanes) is 42. The van der Waals surface area contributed by atoms with Crippen molar-refractivity contribution in [1.29, 1.82) is 0 Å². The van der Waals surface area contributed by atoms with E-state index >= 15 is 0 Å². The number of carbonyl (C=O) groups excluding carboxylic acids is 1. The van der Waals surface area contributed by atoms with E-state index in [9.17, 15) is 45.6 Å². The van der Waals surface area contributed by atoms with E-state index < -0.39 is 86.8 Å². The first-order chi connectivity index (χ1) is 40.1. The molecule has 12 atom stereocenters. The second kappa shape index (κ2) is 53.7. The number of nitrogens with one attached hydrogen (secondary N) is 1. The highest BCUT2D eigenvalue weighted by Gasteiger charge is 2.51. The quantitative estimate of drug-likeness (QED) is 0.0204. The first-order valence-corrected chi connectivity index (χ1v) is 34.6. The summed E-state index contributed by atoms with van der Waals surface area (Å²) in [5.74, 6) is -0.242. The van der Waals surface area contributed by atoms with E-state index in [1.807, 2.05) is 6.08 Å². The number of carbonyl (C=O) groups is 1. The molecular formula is C68H129NO13. The Kier molecular flexibility index (Phi) is 50.1. The van der Waals surface area contributed by atoms with Gasteiger partial charge in [0.2, 0.25) is 5.91 Å². The van der Waals surface area contributed by atoms with Crippen LogP contribution in [0.3, 0.4) is 0 Å². The SMILES string of the molecule is CCCCCCCCCCCCCCCCCC/C=C/CC/C=C/C(O)C(COC1OC(CO)C(OC2OC(CO)C(O)C(O)C2O)C(O)C1O)NC(=O)CCCCCCCCCCCCCCCCCCCCCCCCCCCC. The highest BCUT2D eigenvalue weighted by molar-refractivity contribution is 5.76. The van der Waals surface area contributed by atoms with Gasteiger partial charge in [0.25, 0.3) is 0 Å². The number of hydrogen-bond acceptors (Lipinski definition) is 13. The number of allylic oxidation sites excluding steroid dienone is 3. The number of rotatable bonds is 57. The number of hydrogen-bond donors (Lipinski definition) is 9. The van der Waals surface area contributed by atoms with Crippen molar-refractivity contribution in [2.75, 3.05) is 19.8 Å². The summed E-state index contributed by atoms with van der Waals surface area (Å²) in [7, 11) is 0. The molecule has 2 rings (SSSR count). The molecule has 0 saturated carbocycles. The van der Waals surface area contributed by atoms with Crippen molar-refractivity contribution in [2.24, 2.45) is 0 Å².